The molecule has 1 fully saturated rings. The predicted molar refractivity (Wildman–Crippen MR) is 106 cm³/mol. The van der Waals surface area contributed by atoms with Gasteiger partial charge in [-0.2, -0.15) is 0 Å². The van der Waals surface area contributed by atoms with Gasteiger partial charge in [-0.05, 0) is 67.9 Å². The maximum atomic E-state index is 13.8. The molecule has 0 amide bonds. The Morgan fingerprint density at radius 3 is 2.69 bits per heavy atom. The smallest absolute Gasteiger partial charge is 0.173 e. The van der Waals surface area contributed by atoms with Crippen molar-refractivity contribution in [2.24, 2.45) is 0 Å². The molecule has 1 aliphatic heterocycles. The highest BCUT2D eigenvalue weighted by molar-refractivity contribution is 7.80. The Kier molecular flexibility index (Phi) is 5.61. The number of likely N-dealkylation sites (tertiary alicyclic amines) is 1. The minimum atomic E-state index is -0.245. The van der Waals surface area contributed by atoms with Crippen molar-refractivity contribution in [2.45, 2.75) is 25.8 Å². The molecule has 0 radical (unpaired) electrons. The Morgan fingerprint density at radius 1 is 1.19 bits per heavy atom. The standard InChI is InChI=1S/C20H23FN2O2S/c1-13-6-7-14(11-17(13)21)22-20(26)23-10-4-5-18(23)16-12-15(24-2)8-9-19(16)25-3/h6-9,11-12,18H,4-5,10H2,1-3H3,(H,22,26)/t18-/m1/s1. The van der Waals surface area contributed by atoms with Crippen LogP contribution in [0.4, 0.5) is 10.1 Å². The molecule has 4 nitrogen and oxygen atoms in total. The van der Waals surface area contributed by atoms with Gasteiger partial charge in [0.05, 0.1) is 20.3 Å². The fraction of sp³-hybridized carbons (Fsp3) is 0.350. The molecule has 2 aromatic carbocycles. The van der Waals surface area contributed by atoms with E-state index >= 15 is 0 Å². The van der Waals surface area contributed by atoms with Crippen LogP contribution >= 0.6 is 12.2 Å². The molecule has 1 heterocycles. The lowest BCUT2D eigenvalue weighted by Crippen LogP contribution is -2.34. The van der Waals surface area contributed by atoms with Crippen LogP contribution in [-0.4, -0.2) is 30.8 Å². The molecule has 0 aromatic heterocycles. The van der Waals surface area contributed by atoms with Gasteiger partial charge in [0.2, 0.25) is 0 Å². The van der Waals surface area contributed by atoms with E-state index in [1.807, 2.05) is 24.3 Å². The summed E-state index contributed by atoms with van der Waals surface area (Å²) in [5.41, 5.74) is 2.31. The highest BCUT2D eigenvalue weighted by atomic mass is 32.1. The summed E-state index contributed by atoms with van der Waals surface area (Å²) in [6.45, 7) is 2.58. The molecule has 26 heavy (non-hydrogen) atoms. The summed E-state index contributed by atoms with van der Waals surface area (Å²) < 4.78 is 24.7. The lowest BCUT2D eigenvalue weighted by molar-refractivity contribution is 0.362. The van der Waals surface area contributed by atoms with Gasteiger partial charge in [0, 0.05) is 17.8 Å². The van der Waals surface area contributed by atoms with Crippen molar-refractivity contribution < 1.29 is 13.9 Å². The molecule has 0 spiro atoms. The zero-order chi connectivity index (χ0) is 18.7. The third-order valence-corrected chi connectivity index (χ3v) is 5.07. The Hall–Kier alpha value is -2.34. The number of nitrogens with zero attached hydrogens (tertiary/aromatic N) is 1. The van der Waals surface area contributed by atoms with Crippen molar-refractivity contribution >= 4 is 23.0 Å². The van der Waals surface area contributed by atoms with Crippen LogP contribution in [-0.2, 0) is 0 Å². The average Bonchev–Trinajstić information content (AvgIpc) is 3.14. The van der Waals surface area contributed by atoms with E-state index in [0.29, 0.717) is 16.4 Å². The van der Waals surface area contributed by atoms with E-state index in [4.69, 9.17) is 21.7 Å². The van der Waals surface area contributed by atoms with Gasteiger partial charge in [-0.15, -0.1) is 0 Å². The van der Waals surface area contributed by atoms with Gasteiger partial charge in [0.15, 0.2) is 5.11 Å². The monoisotopic (exact) mass is 374 g/mol. The van der Waals surface area contributed by atoms with Gasteiger partial charge in [-0.25, -0.2) is 4.39 Å². The number of nitrogens with one attached hydrogen (secondary N) is 1. The van der Waals surface area contributed by atoms with Gasteiger partial charge < -0.3 is 19.7 Å². The second kappa shape index (κ2) is 7.91. The van der Waals surface area contributed by atoms with Crippen LogP contribution < -0.4 is 14.8 Å². The van der Waals surface area contributed by atoms with Crippen LogP contribution in [0.1, 0.15) is 30.0 Å². The highest BCUT2D eigenvalue weighted by Gasteiger charge is 2.30. The molecule has 0 bridgehead atoms. The topological polar surface area (TPSA) is 33.7 Å². The van der Waals surface area contributed by atoms with Gasteiger partial charge in [0.25, 0.3) is 0 Å². The number of thiocarbonyl (C=S) groups is 1. The van der Waals surface area contributed by atoms with E-state index in [-0.39, 0.29) is 11.9 Å². The number of ether oxygens (including phenoxy) is 2. The van der Waals surface area contributed by atoms with Gasteiger partial charge in [-0.3, -0.25) is 0 Å². The van der Waals surface area contributed by atoms with E-state index in [1.54, 1.807) is 27.2 Å². The number of halogens is 1. The second-order valence-electron chi connectivity index (χ2n) is 6.35. The number of anilines is 1. The number of rotatable bonds is 4. The summed E-state index contributed by atoms with van der Waals surface area (Å²) in [5.74, 6) is 1.35. The Balaban J connectivity index is 1.83. The lowest BCUT2D eigenvalue weighted by Gasteiger charge is -2.29. The Morgan fingerprint density at radius 2 is 2.00 bits per heavy atom. The summed E-state index contributed by atoms with van der Waals surface area (Å²) in [6.07, 6.45) is 1.99. The van der Waals surface area contributed by atoms with Crippen LogP contribution in [0.25, 0.3) is 0 Å². The predicted octanol–water partition coefficient (Wildman–Crippen LogP) is 4.69. The molecular weight excluding hydrogens is 351 g/mol. The zero-order valence-corrected chi connectivity index (χ0v) is 16.0. The number of hydrogen-bond donors (Lipinski definition) is 1. The molecular formula is C20H23FN2O2S. The van der Waals surface area contributed by atoms with E-state index in [0.717, 1.165) is 36.4 Å². The molecule has 138 valence electrons. The molecule has 1 N–H and O–H groups in total. The van der Waals surface area contributed by atoms with Crippen LogP contribution in [0.3, 0.4) is 0 Å². The van der Waals surface area contributed by atoms with Crippen molar-refractivity contribution in [2.75, 3.05) is 26.1 Å². The van der Waals surface area contributed by atoms with Crippen molar-refractivity contribution in [3.8, 4) is 11.5 Å². The minimum Gasteiger partial charge on any atom is -0.497 e. The fourth-order valence-corrected chi connectivity index (χ4v) is 3.64. The van der Waals surface area contributed by atoms with Crippen LogP contribution in [0.2, 0.25) is 0 Å². The first-order valence-electron chi connectivity index (χ1n) is 8.59. The minimum absolute atomic E-state index is 0.0929. The maximum Gasteiger partial charge on any atom is 0.173 e. The van der Waals surface area contributed by atoms with Gasteiger partial charge in [-0.1, -0.05) is 6.07 Å². The van der Waals surface area contributed by atoms with Gasteiger partial charge >= 0.3 is 0 Å². The molecule has 6 heteroatoms. The summed E-state index contributed by atoms with van der Waals surface area (Å²) in [6, 6.07) is 10.9. The maximum absolute atomic E-state index is 13.8. The van der Waals surface area contributed by atoms with Crippen molar-refractivity contribution in [1.82, 2.24) is 4.90 Å². The molecule has 0 aliphatic carbocycles. The molecule has 0 saturated carbocycles. The Labute approximate surface area is 158 Å². The Bertz CT molecular complexity index is 812. The van der Waals surface area contributed by atoms with Gasteiger partial charge in [0.1, 0.15) is 17.3 Å². The second-order valence-corrected chi connectivity index (χ2v) is 6.74. The quantitative estimate of drug-likeness (QED) is 0.786. The third kappa shape index (κ3) is 3.75. The first-order valence-corrected chi connectivity index (χ1v) is 9.00. The van der Waals surface area contributed by atoms with Crippen molar-refractivity contribution in [1.29, 1.82) is 0 Å². The summed E-state index contributed by atoms with van der Waals surface area (Å²) >= 11 is 5.61. The number of hydrogen-bond acceptors (Lipinski definition) is 3. The number of methoxy groups -OCH3 is 2. The molecule has 3 rings (SSSR count). The van der Waals surface area contributed by atoms with Crippen LogP contribution in [0.5, 0.6) is 11.5 Å². The average molecular weight is 374 g/mol. The first-order chi connectivity index (χ1) is 12.5. The molecule has 2 aromatic rings. The number of benzene rings is 2. The number of aryl methyl sites for hydroxylation is 1. The molecule has 1 saturated heterocycles. The van der Waals surface area contributed by atoms with E-state index in [2.05, 4.69) is 10.2 Å². The van der Waals surface area contributed by atoms with E-state index < -0.39 is 0 Å². The van der Waals surface area contributed by atoms with Crippen LogP contribution in [0.15, 0.2) is 36.4 Å². The largest absolute Gasteiger partial charge is 0.497 e. The van der Waals surface area contributed by atoms with Crippen molar-refractivity contribution in [3.05, 3.63) is 53.3 Å². The normalized spacial score (nSPS) is 16.5. The zero-order valence-electron chi connectivity index (χ0n) is 15.2. The van der Waals surface area contributed by atoms with Crippen molar-refractivity contribution in [3.63, 3.8) is 0 Å². The summed E-state index contributed by atoms with van der Waals surface area (Å²) in [5, 5.41) is 3.75. The lowest BCUT2D eigenvalue weighted by atomic mass is 10.0. The fourth-order valence-electron chi connectivity index (χ4n) is 3.30. The third-order valence-electron chi connectivity index (χ3n) is 4.73. The molecule has 1 atom stereocenters. The molecule has 0 unspecified atom stereocenters. The van der Waals surface area contributed by atoms with E-state index in [1.165, 1.54) is 6.07 Å². The SMILES string of the molecule is COc1ccc(OC)c([C@H]2CCCN2C(=S)Nc2ccc(C)c(F)c2)c1. The summed E-state index contributed by atoms with van der Waals surface area (Å²) in [4.78, 5) is 2.13. The highest BCUT2D eigenvalue weighted by Crippen LogP contribution is 2.39. The first kappa shape index (κ1) is 18.5. The van der Waals surface area contributed by atoms with E-state index in [9.17, 15) is 4.39 Å². The van der Waals surface area contributed by atoms with Crippen LogP contribution in [0, 0.1) is 12.7 Å². The summed E-state index contributed by atoms with van der Waals surface area (Å²) in [7, 11) is 3.31. The molecule has 1 aliphatic rings.